The fourth-order valence-corrected chi connectivity index (χ4v) is 5.15. The largest absolute Gasteiger partial charge is 0.342 e. The predicted molar refractivity (Wildman–Crippen MR) is 121 cm³/mol. The third-order valence-corrected chi connectivity index (χ3v) is 6.77. The summed E-state index contributed by atoms with van der Waals surface area (Å²) in [6.45, 7) is 11.0. The lowest BCUT2D eigenvalue weighted by Gasteiger charge is -2.47. The van der Waals surface area contributed by atoms with Crippen molar-refractivity contribution in [2.75, 3.05) is 19.6 Å². The number of benzene rings is 1. The molecule has 1 aromatic heterocycles. The van der Waals surface area contributed by atoms with Crippen LogP contribution in [0.5, 0.6) is 0 Å². The molecule has 4 rings (SSSR count). The first-order valence-electron chi connectivity index (χ1n) is 11.5. The highest BCUT2D eigenvalue weighted by molar-refractivity contribution is 5.94. The molecule has 3 heterocycles. The van der Waals surface area contributed by atoms with Crippen molar-refractivity contribution in [3.8, 4) is 0 Å². The van der Waals surface area contributed by atoms with E-state index in [1.54, 1.807) is 0 Å². The maximum absolute atomic E-state index is 13.3. The van der Waals surface area contributed by atoms with Crippen molar-refractivity contribution in [3.05, 3.63) is 52.8 Å². The van der Waals surface area contributed by atoms with E-state index in [1.165, 1.54) is 0 Å². The van der Waals surface area contributed by atoms with Crippen molar-refractivity contribution in [2.24, 2.45) is 11.8 Å². The van der Waals surface area contributed by atoms with Crippen molar-refractivity contribution in [3.63, 3.8) is 0 Å². The van der Waals surface area contributed by atoms with Crippen molar-refractivity contribution in [1.29, 1.82) is 0 Å². The van der Waals surface area contributed by atoms with Crippen molar-refractivity contribution >= 4 is 11.8 Å². The van der Waals surface area contributed by atoms with Gasteiger partial charge in [0.2, 0.25) is 5.91 Å². The average Bonchev–Trinajstić information content (AvgIpc) is 3.08. The number of likely N-dealkylation sites (tertiary alicyclic amines) is 2. The van der Waals surface area contributed by atoms with Gasteiger partial charge in [0.1, 0.15) is 0 Å². The molecule has 6 nitrogen and oxygen atoms in total. The molecule has 0 spiro atoms. The van der Waals surface area contributed by atoms with Crippen LogP contribution in [0, 0.1) is 25.7 Å². The van der Waals surface area contributed by atoms with Crippen LogP contribution < -0.4 is 0 Å². The average molecular weight is 423 g/mol. The monoisotopic (exact) mass is 422 g/mol. The van der Waals surface area contributed by atoms with E-state index >= 15 is 0 Å². The SMILES string of the molecule is Cc1cc(C)n(Cc2ccc(C(=O)N3CCC[C@@H]4CN(C(=O)C(C)C)CC[C@H]43)cc2)n1. The van der Waals surface area contributed by atoms with Crippen LogP contribution in [0.25, 0.3) is 0 Å². The number of nitrogens with zero attached hydrogens (tertiary/aromatic N) is 4. The zero-order valence-electron chi connectivity index (χ0n) is 19.2. The maximum atomic E-state index is 13.3. The zero-order valence-corrected chi connectivity index (χ0v) is 19.2. The third-order valence-electron chi connectivity index (χ3n) is 6.77. The fourth-order valence-electron chi connectivity index (χ4n) is 5.15. The first-order valence-corrected chi connectivity index (χ1v) is 11.5. The molecule has 0 saturated carbocycles. The molecule has 2 fully saturated rings. The first-order chi connectivity index (χ1) is 14.8. The Hall–Kier alpha value is -2.63. The highest BCUT2D eigenvalue weighted by Gasteiger charge is 2.39. The molecule has 2 aliphatic rings. The second kappa shape index (κ2) is 8.85. The van der Waals surface area contributed by atoms with Crippen LogP contribution >= 0.6 is 0 Å². The number of carbonyl (C=O) groups is 2. The molecule has 1 aromatic carbocycles. The Morgan fingerprint density at radius 1 is 1.10 bits per heavy atom. The summed E-state index contributed by atoms with van der Waals surface area (Å²) in [6.07, 6.45) is 2.98. The molecule has 2 aliphatic heterocycles. The summed E-state index contributed by atoms with van der Waals surface area (Å²) >= 11 is 0. The molecule has 2 aromatic rings. The molecular formula is C25H34N4O2. The van der Waals surface area contributed by atoms with Gasteiger partial charge in [-0.1, -0.05) is 26.0 Å². The molecule has 0 bridgehead atoms. The van der Waals surface area contributed by atoms with Crippen LogP contribution in [0.15, 0.2) is 30.3 Å². The summed E-state index contributed by atoms with van der Waals surface area (Å²) in [5.74, 6) is 0.779. The molecule has 0 aliphatic carbocycles. The number of fused-ring (bicyclic) bond motifs is 1. The Balaban J connectivity index is 1.43. The zero-order chi connectivity index (χ0) is 22.1. The Morgan fingerprint density at radius 2 is 1.84 bits per heavy atom. The van der Waals surface area contributed by atoms with Crippen molar-refractivity contribution < 1.29 is 9.59 Å². The number of aromatic nitrogens is 2. The molecule has 2 amide bonds. The number of aryl methyl sites for hydroxylation is 2. The lowest BCUT2D eigenvalue weighted by atomic mass is 9.83. The molecular weight excluding hydrogens is 388 g/mol. The van der Waals surface area contributed by atoms with Gasteiger partial charge in [-0.15, -0.1) is 0 Å². The molecule has 0 unspecified atom stereocenters. The van der Waals surface area contributed by atoms with E-state index in [2.05, 4.69) is 23.0 Å². The van der Waals surface area contributed by atoms with Crippen LogP contribution in [0.4, 0.5) is 0 Å². The highest BCUT2D eigenvalue weighted by atomic mass is 16.2. The van der Waals surface area contributed by atoms with E-state index in [1.807, 2.05) is 54.6 Å². The second-order valence-electron chi connectivity index (χ2n) is 9.48. The van der Waals surface area contributed by atoms with Gasteiger partial charge in [-0.3, -0.25) is 14.3 Å². The number of piperidine rings is 2. The normalized spacial score (nSPS) is 21.3. The standard InChI is InChI=1S/C25H34N4O2/c1-17(2)24(30)27-13-11-23-22(16-27)6-5-12-28(23)25(31)21-9-7-20(8-10-21)15-29-19(4)14-18(3)26-29/h7-10,14,17,22-23H,5-6,11-13,15-16H2,1-4H3/t22-,23-/m1/s1. The van der Waals surface area contributed by atoms with Crippen LogP contribution in [-0.4, -0.2) is 57.1 Å². The minimum Gasteiger partial charge on any atom is -0.342 e. The summed E-state index contributed by atoms with van der Waals surface area (Å²) in [7, 11) is 0. The Bertz CT molecular complexity index is 947. The van der Waals surface area contributed by atoms with E-state index in [-0.39, 0.29) is 23.8 Å². The second-order valence-corrected chi connectivity index (χ2v) is 9.48. The number of carbonyl (C=O) groups excluding carboxylic acids is 2. The highest BCUT2D eigenvalue weighted by Crippen LogP contribution is 2.32. The van der Waals surface area contributed by atoms with E-state index < -0.39 is 0 Å². The smallest absolute Gasteiger partial charge is 0.254 e. The van der Waals surface area contributed by atoms with Gasteiger partial charge >= 0.3 is 0 Å². The van der Waals surface area contributed by atoms with Crippen LogP contribution in [0.1, 0.15) is 60.4 Å². The Kier molecular flexibility index (Phi) is 6.17. The number of hydrogen-bond donors (Lipinski definition) is 0. The van der Waals surface area contributed by atoms with Gasteiger partial charge in [-0.2, -0.15) is 5.10 Å². The number of rotatable bonds is 4. The van der Waals surface area contributed by atoms with Crippen LogP contribution in [0.3, 0.4) is 0 Å². The molecule has 0 N–H and O–H groups in total. The first kappa shape index (κ1) is 21.6. The van der Waals surface area contributed by atoms with E-state index in [0.29, 0.717) is 12.5 Å². The Labute approximate surface area is 185 Å². The quantitative estimate of drug-likeness (QED) is 0.756. The van der Waals surface area contributed by atoms with E-state index in [4.69, 9.17) is 0 Å². The third kappa shape index (κ3) is 4.53. The Morgan fingerprint density at radius 3 is 2.48 bits per heavy atom. The van der Waals surface area contributed by atoms with Gasteiger partial charge < -0.3 is 9.80 Å². The van der Waals surface area contributed by atoms with Crippen LogP contribution in [-0.2, 0) is 11.3 Å². The molecule has 166 valence electrons. The van der Waals surface area contributed by atoms with Gasteiger partial charge in [0.15, 0.2) is 0 Å². The lowest BCUT2D eigenvalue weighted by Crippen LogP contribution is -2.57. The van der Waals surface area contributed by atoms with Crippen molar-refractivity contribution in [1.82, 2.24) is 19.6 Å². The van der Waals surface area contributed by atoms with Gasteiger partial charge in [-0.25, -0.2) is 0 Å². The minimum atomic E-state index is 0.0332. The molecule has 31 heavy (non-hydrogen) atoms. The lowest BCUT2D eigenvalue weighted by molar-refractivity contribution is -0.137. The predicted octanol–water partition coefficient (Wildman–Crippen LogP) is 3.66. The number of amides is 2. The van der Waals surface area contributed by atoms with E-state index in [9.17, 15) is 9.59 Å². The van der Waals surface area contributed by atoms with Crippen molar-refractivity contribution in [2.45, 2.75) is 59.5 Å². The summed E-state index contributed by atoms with van der Waals surface area (Å²) in [5.41, 5.74) is 4.04. The fraction of sp³-hybridized carbons (Fsp3) is 0.560. The molecule has 2 saturated heterocycles. The minimum absolute atomic E-state index is 0.0332. The molecule has 0 radical (unpaired) electrons. The number of hydrogen-bond acceptors (Lipinski definition) is 3. The van der Waals surface area contributed by atoms with Gasteiger partial charge in [0.25, 0.3) is 5.91 Å². The van der Waals surface area contributed by atoms with Gasteiger partial charge in [-0.05, 0) is 62.8 Å². The molecule has 2 atom stereocenters. The summed E-state index contributed by atoms with van der Waals surface area (Å²) in [6, 6.07) is 10.3. The van der Waals surface area contributed by atoms with Gasteiger partial charge in [0.05, 0.1) is 12.2 Å². The van der Waals surface area contributed by atoms with E-state index in [0.717, 1.165) is 61.4 Å². The summed E-state index contributed by atoms with van der Waals surface area (Å²) in [4.78, 5) is 29.8. The topological polar surface area (TPSA) is 58.4 Å². The van der Waals surface area contributed by atoms with Crippen LogP contribution in [0.2, 0.25) is 0 Å². The summed E-state index contributed by atoms with van der Waals surface area (Å²) in [5, 5.41) is 4.52. The van der Waals surface area contributed by atoms with Gasteiger partial charge in [0, 0.05) is 42.9 Å². The molecule has 6 heteroatoms. The summed E-state index contributed by atoms with van der Waals surface area (Å²) < 4.78 is 1.99. The maximum Gasteiger partial charge on any atom is 0.254 e.